The predicted octanol–water partition coefficient (Wildman–Crippen LogP) is 4.71. The summed E-state index contributed by atoms with van der Waals surface area (Å²) in [6.07, 6.45) is 0. The van der Waals surface area contributed by atoms with E-state index >= 15 is 0 Å². The van der Waals surface area contributed by atoms with E-state index in [0.29, 0.717) is 17.1 Å². The molecule has 0 saturated carbocycles. The van der Waals surface area contributed by atoms with Crippen LogP contribution in [0.5, 0.6) is 17.4 Å². The second kappa shape index (κ2) is 6.19. The van der Waals surface area contributed by atoms with Crippen molar-refractivity contribution < 1.29 is 9.47 Å². The quantitative estimate of drug-likeness (QED) is 0.765. The summed E-state index contributed by atoms with van der Waals surface area (Å²) in [7, 11) is 1.47. The number of benzene rings is 1. The first-order valence-corrected chi connectivity index (χ1v) is 6.46. The predicted molar refractivity (Wildman–Crippen MR) is 77.1 cm³/mol. The van der Waals surface area contributed by atoms with Gasteiger partial charge in [-0.05, 0) is 18.2 Å². The average Bonchev–Trinajstić information content (AvgIpc) is 2.45. The third-order valence-corrected chi connectivity index (χ3v) is 3.30. The van der Waals surface area contributed by atoms with Crippen LogP contribution in [0.2, 0.25) is 15.2 Å². The van der Waals surface area contributed by atoms with Gasteiger partial charge in [-0.3, -0.25) is 0 Å². The number of rotatable bonds is 3. The van der Waals surface area contributed by atoms with Crippen LogP contribution in [0.1, 0.15) is 5.56 Å². The summed E-state index contributed by atoms with van der Waals surface area (Å²) in [6.45, 7) is 0. The fourth-order valence-electron chi connectivity index (χ4n) is 1.43. The molecular weight excluding hydrogens is 323 g/mol. The Kier molecular flexibility index (Phi) is 4.56. The molecule has 0 radical (unpaired) electrons. The minimum Gasteiger partial charge on any atom is -0.493 e. The van der Waals surface area contributed by atoms with Crippen molar-refractivity contribution in [2.24, 2.45) is 0 Å². The van der Waals surface area contributed by atoms with Crippen LogP contribution >= 0.6 is 34.8 Å². The van der Waals surface area contributed by atoms with Gasteiger partial charge in [0, 0.05) is 6.07 Å². The zero-order valence-corrected chi connectivity index (χ0v) is 12.4. The van der Waals surface area contributed by atoms with Crippen LogP contribution in [0.15, 0.2) is 24.3 Å². The molecule has 0 bridgehead atoms. The molecule has 4 nitrogen and oxygen atoms in total. The lowest BCUT2D eigenvalue weighted by molar-refractivity contribution is 0.374. The summed E-state index contributed by atoms with van der Waals surface area (Å²) >= 11 is 17.6. The lowest BCUT2D eigenvalue weighted by atomic mass is 10.2. The van der Waals surface area contributed by atoms with Crippen molar-refractivity contribution in [3.05, 3.63) is 45.0 Å². The van der Waals surface area contributed by atoms with Gasteiger partial charge in [0.25, 0.3) is 0 Å². The van der Waals surface area contributed by atoms with E-state index < -0.39 is 0 Å². The molecule has 102 valence electrons. The van der Waals surface area contributed by atoms with Gasteiger partial charge in [-0.1, -0.05) is 34.8 Å². The van der Waals surface area contributed by atoms with Gasteiger partial charge in [0.15, 0.2) is 16.7 Å². The monoisotopic (exact) mass is 328 g/mol. The number of nitriles is 1. The number of hydrogen-bond acceptors (Lipinski definition) is 4. The fraction of sp³-hybridized carbons (Fsp3) is 0.0769. The van der Waals surface area contributed by atoms with Gasteiger partial charge in [0.2, 0.25) is 5.88 Å². The van der Waals surface area contributed by atoms with Crippen molar-refractivity contribution in [2.75, 3.05) is 7.11 Å². The third-order valence-electron chi connectivity index (χ3n) is 2.35. The molecular formula is C13H7Cl3N2O2. The second-order valence-electron chi connectivity index (χ2n) is 3.63. The van der Waals surface area contributed by atoms with Gasteiger partial charge < -0.3 is 9.47 Å². The highest BCUT2D eigenvalue weighted by molar-refractivity contribution is 6.42. The van der Waals surface area contributed by atoms with E-state index in [0.717, 1.165) is 0 Å². The lowest BCUT2D eigenvalue weighted by Gasteiger charge is -2.11. The van der Waals surface area contributed by atoms with Crippen molar-refractivity contribution in [3.8, 4) is 23.4 Å². The first-order chi connectivity index (χ1) is 9.55. The van der Waals surface area contributed by atoms with E-state index in [1.165, 1.54) is 13.2 Å². The van der Waals surface area contributed by atoms with E-state index in [4.69, 9.17) is 49.5 Å². The molecule has 0 saturated heterocycles. The number of hydrogen-bond donors (Lipinski definition) is 0. The van der Waals surface area contributed by atoms with Crippen LogP contribution in [0.4, 0.5) is 0 Å². The number of ether oxygens (including phenoxy) is 2. The Balaban J connectivity index is 2.40. The van der Waals surface area contributed by atoms with Crippen molar-refractivity contribution in [1.82, 2.24) is 4.98 Å². The van der Waals surface area contributed by atoms with E-state index in [1.54, 1.807) is 18.2 Å². The summed E-state index contributed by atoms with van der Waals surface area (Å²) < 4.78 is 10.7. The molecule has 2 rings (SSSR count). The van der Waals surface area contributed by atoms with Crippen molar-refractivity contribution in [2.45, 2.75) is 0 Å². The average molecular weight is 330 g/mol. The maximum absolute atomic E-state index is 8.84. The molecule has 0 spiro atoms. The molecule has 0 aliphatic heterocycles. The molecule has 0 amide bonds. The van der Waals surface area contributed by atoms with Gasteiger partial charge in [0.1, 0.15) is 5.02 Å². The molecule has 20 heavy (non-hydrogen) atoms. The molecule has 1 aromatic carbocycles. The van der Waals surface area contributed by atoms with E-state index in [1.807, 2.05) is 6.07 Å². The Morgan fingerprint density at radius 2 is 1.85 bits per heavy atom. The minimum absolute atomic E-state index is 0.0821. The largest absolute Gasteiger partial charge is 0.493 e. The Labute approximate surface area is 130 Å². The van der Waals surface area contributed by atoms with Gasteiger partial charge in [0.05, 0.1) is 23.8 Å². The van der Waals surface area contributed by atoms with Crippen LogP contribution in [0.25, 0.3) is 0 Å². The molecule has 0 atom stereocenters. The fourth-order valence-corrected chi connectivity index (χ4v) is 1.95. The second-order valence-corrected chi connectivity index (χ2v) is 4.80. The summed E-state index contributed by atoms with van der Waals surface area (Å²) in [6, 6.07) is 8.15. The highest BCUT2D eigenvalue weighted by atomic mass is 35.5. The van der Waals surface area contributed by atoms with E-state index in [-0.39, 0.29) is 21.1 Å². The summed E-state index contributed by atoms with van der Waals surface area (Å²) in [4.78, 5) is 3.94. The zero-order valence-electron chi connectivity index (χ0n) is 10.2. The van der Waals surface area contributed by atoms with E-state index in [9.17, 15) is 0 Å². The normalized spacial score (nSPS) is 9.95. The van der Waals surface area contributed by atoms with Crippen LogP contribution in [-0.2, 0) is 0 Å². The van der Waals surface area contributed by atoms with Crippen LogP contribution < -0.4 is 9.47 Å². The number of halogens is 3. The van der Waals surface area contributed by atoms with Crippen LogP contribution in [-0.4, -0.2) is 12.1 Å². The Hall–Kier alpha value is -1.67. The zero-order chi connectivity index (χ0) is 14.7. The molecule has 1 aromatic heterocycles. The molecule has 0 unspecified atom stereocenters. The van der Waals surface area contributed by atoms with Crippen molar-refractivity contribution in [1.29, 1.82) is 5.26 Å². The Morgan fingerprint density at radius 3 is 2.50 bits per heavy atom. The summed E-state index contributed by atoms with van der Waals surface area (Å²) in [5.41, 5.74) is 0.447. The highest BCUT2D eigenvalue weighted by Crippen LogP contribution is 2.37. The van der Waals surface area contributed by atoms with Crippen LogP contribution in [0, 0.1) is 11.3 Å². The number of methoxy groups -OCH3 is 1. The van der Waals surface area contributed by atoms with Gasteiger partial charge in [-0.2, -0.15) is 10.2 Å². The smallest absolute Gasteiger partial charge is 0.239 e. The SMILES string of the molecule is COc1cc(C#N)ccc1Oc1nc(Cl)c(Cl)cc1Cl. The number of aromatic nitrogens is 1. The van der Waals surface area contributed by atoms with Crippen molar-refractivity contribution in [3.63, 3.8) is 0 Å². The van der Waals surface area contributed by atoms with Gasteiger partial charge >= 0.3 is 0 Å². The standard InChI is InChI=1S/C13H7Cl3N2O2/c1-19-11-4-7(6-17)2-3-10(11)20-13-9(15)5-8(14)12(16)18-13/h2-5H,1H3. The van der Waals surface area contributed by atoms with Crippen molar-refractivity contribution >= 4 is 34.8 Å². The van der Waals surface area contributed by atoms with E-state index in [2.05, 4.69) is 4.98 Å². The topological polar surface area (TPSA) is 55.1 Å². The van der Waals surface area contributed by atoms with Crippen LogP contribution in [0.3, 0.4) is 0 Å². The molecule has 2 aromatic rings. The lowest BCUT2D eigenvalue weighted by Crippen LogP contribution is -1.94. The van der Waals surface area contributed by atoms with Gasteiger partial charge in [-0.15, -0.1) is 0 Å². The molecule has 0 aliphatic carbocycles. The Morgan fingerprint density at radius 1 is 1.10 bits per heavy atom. The number of pyridine rings is 1. The maximum Gasteiger partial charge on any atom is 0.239 e. The highest BCUT2D eigenvalue weighted by Gasteiger charge is 2.13. The molecule has 0 aliphatic rings. The first kappa shape index (κ1) is 14.7. The molecule has 1 heterocycles. The first-order valence-electron chi connectivity index (χ1n) is 5.32. The summed E-state index contributed by atoms with van der Waals surface area (Å²) in [5, 5.41) is 9.37. The number of nitrogens with zero attached hydrogens (tertiary/aromatic N) is 2. The van der Waals surface area contributed by atoms with Gasteiger partial charge in [-0.25, -0.2) is 0 Å². The molecule has 7 heteroatoms. The molecule has 0 fully saturated rings. The third kappa shape index (κ3) is 3.07. The summed E-state index contributed by atoms with van der Waals surface area (Å²) in [5.74, 6) is 0.844. The Bertz CT molecular complexity index is 699. The molecule has 0 N–H and O–H groups in total. The maximum atomic E-state index is 8.84. The minimum atomic E-state index is 0.0821.